The highest BCUT2D eigenvalue weighted by atomic mass is 32.2. The largest absolute Gasteiger partial charge is 0.377 e. The van der Waals surface area contributed by atoms with Crippen LogP contribution in [0, 0.1) is 12.8 Å². The molecule has 0 amide bonds. The molecule has 1 aliphatic heterocycles. The van der Waals surface area contributed by atoms with E-state index in [0.29, 0.717) is 32.2 Å². The van der Waals surface area contributed by atoms with Gasteiger partial charge in [-0.2, -0.15) is 5.10 Å². The van der Waals surface area contributed by atoms with Crippen molar-refractivity contribution in [1.29, 1.82) is 0 Å². The molecular weight excluding hydrogens is 378 g/mol. The van der Waals surface area contributed by atoms with Crippen LogP contribution in [0.25, 0.3) is 0 Å². The highest BCUT2D eigenvalue weighted by molar-refractivity contribution is 7.91. The Bertz CT molecular complexity index is 881. The summed E-state index contributed by atoms with van der Waals surface area (Å²) in [6.45, 7) is 8.66. The molecule has 0 bridgehead atoms. The summed E-state index contributed by atoms with van der Waals surface area (Å²) in [5.74, 6) is 0.313. The maximum Gasteiger partial charge on any atom is 0.227 e. The van der Waals surface area contributed by atoms with Crippen molar-refractivity contribution in [2.45, 2.75) is 64.5 Å². The molecule has 156 valence electrons. The summed E-state index contributed by atoms with van der Waals surface area (Å²) in [5, 5.41) is 7.38. The number of aromatic amines is 1. The van der Waals surface area contributed by atoms with Gasteiger partial charge in [-0.25, -0.2) is 13.4 Å². The summed E-state index contributed by atoms with van der Waals surface area (Å²) in [6, 6.07) is 2.01. The third-order valence-corrected chi connectivity index (χ3v) is 6.47. The van der Waals surface area contributed by atoms with E-state index < -0.39 is 9.84 Å². The number of H-pyrrole nitrogens is 1. The zero-order valence-corrected chi connectivity index (χ0v) is 18.0. The van der Waals surface area contributed by atoms with Gasteiger partial charge in [0, 0.05) is 31.9 Å². The molecule has 1 fully saturated rings. The van der Waals surface area contributed by atoms with Crippen molar-refractivity contribution in [3.8, 4) is 0 Å². The molecule has 3 rings (SSSR count). The average Bonchev–Trinajstić information content (AvgIpc) is 3.31. The normalized spacial score (nSPS) is 17.9. The number of aromatic nitrogens is 4. The highest BCUT2D eigenvalue weighted by Gasteiger charge is 2.29. The SMILES string of the molecule is Cc1cc(CN(C)Cc2cnc(S(=O)(=O)CC3CCCO3)n2CC(C)C)n[nH]1. The third-order valence-electron chi connectivity index (χ3n) is 4.78. The minimum atomic E-state index is -3.50. The number of nitrogens with one attached hydrogen (secondary N) is 1. The van der Waals surface area contributed by atoms with Crippen LogP contribution < -0.4 is 0 Å². The van der Waals surface area contributed by atoms with Crippen LogP contribution in [-0.4, -0.2) is 58.6 Å². The van der Waals surface area contributed by atoms with Crippen LogP contribution in [0.1, 0.15) is 43.8 Å². The van der Waals surface area contributed by atoms with Gasteiger partial charge in [0.2, 0.25) is 15.0 Å². The first-order valence-electron chi connectivity index (χ1n) is 9.83. The molecule has 1 aliphatic rings. The van der Waals surface area contributed by atoms with E-state index in [1.807, 2.05) is 24.6 Å². The molecule has 1 N–H and O–H groups in total. The summed E-state index contributed by atoms with van der Waals surface area (Å²) in [7, 11) is -1.50. The zero-order chi connectivity index (χ0) is 20.3. The lowest BCUT2D eigenvalue weighted by atomic mass is 10.2. The number of ether oxygens (including phenoxy) is 1. The van der Waals surface area contributed by atoms with Crippen LogP contribution in [0.15, 0.2) is 17.4 Å². The molecule has 0 radical (unpaired) electrons. The van der Waals surface area contributed by atoms with Gasteiger partial charge in [0.05, 0.1) is 29.4 Å². The molecule has 1 atom stereocenters. The first kappa shape index (κ1) is 21.0. The van der Waals surface area contributed by atoms with Crippen molar-refractivity contribution in [2.75, 3.05) is 19.4 Å². The number of sulfone groups is 1. The first-order valence-corrected chi connectivity index (χ1v) is 11.5. The van der Waals surface area contributed by atoms with Gasteiger partial charge >= 0.3 is 0 Å². The Morgan fingerprint density at radius 2 is 2.18 bits per heavy atom. The summed E-state index contributed by atoms with van der Waals surface area (Å²) >= 11 is 0. The Morgan fingerprint density at radius 3 is 2.79 bits per heavy atom. The molecule has 1 unspecified atom stereocenters. The van der Waals surface area contributed by atoms with Crippen molar-refractivity contribution < 1.29 is 13.2 Å². The monoisotopic (exact) mass is 409 g/mol. The van der Waals surface area contributed by atoms with E-state index in [0.717, 1.165) is 29.9 Å². The van der Waals surface area contributed by atoms with Gasteiger partial charge in [-0.3, -0.25) is 10.00 Å². The Morgan fingerprint density at radius 1 is 1.39 bits per heavy atom. The highest BCUT2D eigenvalue weighted by Crippen LogP contribution is 2.21. The predicted octanol–water partition coefficient (Wildman–Crippen LogP) is 2.16. The van der Waals surface area contributed by atoms with Crippen LogP contribution >= 0.6 is 0 Å². The van der Waals surface area contributed by atoms with E-state index in [1.54, 1.807) is 6.20 Å². The molecule has 8 nitrogen and oxygen atoms in total. The van der Waals surface area contributed by atoms with Crippen molar-refractivity contribution in [3.63, 3.8) is 0 Å². The smallest absolute Gasteiger partial charge is 0.227 e. The molecule has 0 spiro atoms. The zero-order valence-electron chi connectivity index (χ0n) is 17.2. The number of rotatable bonds is 9. The maximum absolute atomic E-state index is 13.0. The fourth-order valence-electron chi connectivity index (χ4n) is 3.59. The number of imidazole rings is 1. The van der Waals surface area contributed by atoms with E-state index >= 15 is 0 Å². The van der Waals surface area contributed by atoms with Crippen LogP contribution in [0.2, 0.25) is 0 Å². The lowest BCUT2D eigenvalue weighted by Crippen LogP contribution is -2.25. The van der Waals surface area contributed by atoms with Crippen LogP contribution in [0.3, 0.4) is 0 Å². The number of hydrogen-bond acceptors (Lipinski definition) is 6. The van der Waals surface area contributed by atoms with E-state index in [1.165, 1.54) is 0 Å². The Kier molecular flexibility index (Phi) is 6.57. The summed E-state index contributed by atoms with van der Waals surface area (Å²) < 4.78 is 33.4. The van der Waals surface area contributed by atoms with E-state index in [4.69, 9.17) is 4.74 Å². The second-order valence-corrected chi connectivity index (χ2v) is 10.1. The molecule has 2 aromatic rings. The van der Waals surface area contributed by atoms with E-state index in [-0.39, 0.29) is 17.0 Å². The summed E-state index contributed by atoms with van der Waals surface area (Å²) in [6.07, 6.45) is 3.19. The Hall–Kier alpha value is -1.71. The Labute approximate surface area is 167 Å². The fraction of sp³-hybridized carbons (Fsp3) is 0.684. The van der Waals surface area contributed by atoms with Crippen LogP contribution in [-0.2, 0) is 34.2 Å². The fourth-order valence-corrected chi connectivity index (χ4v) is 5.23. The molecule has 28 heavy (non-hydrogen) atoms. The van der Waals surface area contributed by atoms with E-state index in [9.17, 15) is 8.42 Å². The van der Waals surface area contributed by atoms with Crippen molar-refractivity contribution in [1.82, 2.24) is 24.6 Å². The van der Waals surface area contributed by atoms with Crippen molar-refractivity contribution >= 4 is 9.84 Å². The lowest BCUT2D eigenvalue weighted by Gasteiger charge is -2.19. The van der Waals surface area contributed by atoms with Crippen LogP contribution in [0.4, 0.5) is 0 Å². The van der Waals surface area contributed by atoms with Gasteiger partial charge in [0.15, 0.2) is 0 Å². The molecule has 1 saturated heterocycles. The second kappa shape index (κ2) is 8.75. The second-order valence-electron chi connectivity index (χ2n) is 8.17. The molecule has 0 aliphatic carbocycles. The van der Waals surface area contributed by atoms with Gasteiger partial charge in [0.1, 0.15) is 0 Å². The standard InChI is InChI=1S/C19H31N5O3S/c1-14(2)10-24-17(12-23(4)11-16-8-15(3)21-22-16)9-20-19(24)28(25,26)13-18-6-5-7-27-18/h8-9,14,18H,5-7,10-13H2,1-4H3,(H,21,22). The minimum absolute atomic E-state index is 0.00390. The van der Waals surface area contributed by atoms with Crippen LogP contribution in [0.5, 0.6) is 0 Å². The summed E-state index contributed by atoms with van der Waals surface area (Å²) in [4.78, 5) is 6.43. The third kappa shape index (κ3) is 5.21. The first-order chi connectivity index (χ1) is 13.2. The minimum Gasteiger partial charge on any atom is -0.377 e. The van der Waals surface area contributed by atoms with Gasteiger partial charge < -0.3 is 9.30 Å². The maximum atomic E-state index is 13.0. The van der Waals surface area contributed by atoms with Gasteiger partial charge in [-0.15, -0.1) is 0 Å². The Balaban J connectivity index is 1.79. The number of nitrogens with zero attached hydrogens (tertiary/aromatic N) is 4. The van der Waals surface area contributed by atoms with Crippen molar-refractivity contribution in [3.05, 3.63) is 29.3 Å². The number of hydrogen-bond donors (Lipinski definition) is 1. The lowest BCUT2D eigenvalue weighted by molar-refractivity contribution is 0.127. The molecule has 2 aromatic heterocycles. The molecule has 3 heterocycles. The molecule has 9 heteroatoms. The quantitative estimate of drug-likeness (QED) is 0.682. The van der Waals surface area contributed by atoms with Gasteiger partial charge in [-0.05, 0) is 38.8 Å². The molecular formula is C19H31N5O3S. The van der Waals surface area contributed by atoms with E-state index in [2.05, 4.69) is 33.9 Å². The molecule has 0 saturated carbocycles. The topological polar surface area (TPSA) is 93.1 Å². The molecule has 0 aromatic carbocycles. The number of aryl methyl sites for hydroxylation is 1. The average molecular weight is 410 g/mol. The summed E-state index contributed by atoms with van der Waals surface area (Å²) in [5.41, 5.74) is 2.88. The van der Waals surface area contributed by atoms with Crippen molar-refractivity contribution in [2.24, 2.45) is 5.92 Å². The van der Waals surface area contributed by atoms with Gasteiger partial charge in [-0.1, -0.05) is 13.8 Å². The predicted molar refractivity (Wildman–Crippen MR) is 107 cm³/mol. The van der Waals surface area contributed by atoms with Gasteiger partial charge in [0.25, 0.3) is 0 Å².